The summed E-state index contributed by atoms with van der Waals surface area (Å²) >= 11 is 0. The zero-order valence-electron chi connectivity index (χ0n) is 10.5. The Morgan fingerprint density at radius 3 is 2.12 bits per heavy atom. The molecular formula is C12H18N2O3. The van der Waals surface area contributed by atoms with Gasteiger partial charge in [-0.1, -0.05) is 0 Å². The third kappa shape index (κ3) is 3.64. The molecule has 0 unspecified atom stereocenters. The topological polar surface area (TPSA) is 59.6 Å². The normalized spacial score (nSPS) is 11.8. The van der Waals surface area contributed by atoms with Gasteiger partial charge in [0, 0.05) is 23.9 Å². The van der Waals surface area contributed by atoms with Crippen molar-refractivity contribution in [2.24, 2.45) is 0 Å². The second-order valence-electron chi connectivity index (χ2n) is 3.60. The lowest BCUT2D eigenvalue weighted by atomic mass is 10.2. The second kappa shape index (κ2) is 6.10. The molecule has 94 valence electrons. The van der Waals surface area contributed by atoms with Crippen molar-refractivity contribution >= 4 is 11.6 Å². The number of ether oxygens (including phenoxy) is 2. The average molecular weight is 238 g/mol. The van der Waals surface area contributed by atoms with Crippen LogP contribution in [0.2, 0.25) is 0 Å². The van der Waals surface area contributed by atoms with Gasteiger partial charge < -0.3 is 20.1 Å². The van der Waals surface area contributed by atoms with Crippen molar-refractivity contribution in [2.45, 2.75) is 13.0 Å². The van der Waals surface area contributed by atoms with E-state index in [1.54, 1.807) is 46.4 Å². The maximum Gasteiger partial charge on any atom is 0.241 e. The number of methoxy groups -OCH3 is 2. The standard InChI is InChI=1S/C12H18N2O3/c1-8(13-2)12(15)14-9-5-10(16-3)7-11(6-9)17-4/h5-8,13H,1-4H3,(H,14,15)/t8-/m0/s1. The van der Waals surface area contributed by atoms with E-state index in [-0.39, 0.29) is 11.9 Å². The molecule has 0 saturated carbocycles. The van der Waals surface area contributed by atoms with Gasteiger partial charge in [0.25, 0.3) is 0 Å². The molecule has 1 aromatic rings. The summed E-state index contributed by atoms with van der Waals surface area (Å²) in [6, 6.07) is 4.97. The highest BCUT2D eigenvalue weighted by Gasteiger charge is 2.11. The number of carbonyl (C=O) groups is 1. The van der Waals surface area contributed by atoms with Crippen molar-refractivity contribution in [1.29, 1.82) is 0 Å². The van der Waals surface area contributed by atoms with Gasteiger partial charge in [0.1, 0.15) is 11.5 Å². The number of amides is 1. The van der Waals surface area contributed by atoms with Crippen molar-refractivity contribution < 1.29 is 14.3 Å². The van der Waals surface area contributed by atoms with Gasteiger partial charge in [-0.05, 0) is 14.0 Å². The molecule has 1 atom stereocenters. The minimum absolute atomic E-state index is 0.109. The number of nitrogens with one attached hydrogen (secondary N) is 2. The molecule has 0 heterocycles. The highest BCUT2D eigenvalue weighted by Crippen LogP contribution is 2.25. The Kier molecular flexibility index (Phi) is 4.78. The van der Waals surface area contributed by atoms with E-state index in [9.17, 15) is 4.79 Å². The Bertz CT molecular complexity index is 371. The van der Waals surface area contributed by atoms with Crippen LogP contribution in [0.1, 0.15) is 6.92 Å². The monoisotopic (exact) mass is 238 g/mol. The summed E-state index contributed by atoms with van der Waals surface area (Å²) in [6.45, 7) is 1.78. The summed E-state index contributed by atoms with van der Waals surface area (Å²) < 4.78 is 10.2. The first-order chi connectivity index (χ1) is 8.10. The molecule has 0 spiro atoms. The molecule has 1 aromatic carbocycles. The van der Waals surface area contributed by atoms with Gasteiger partial charge in [-0.15, -0.1) is 0 Å². The van der Waals surface area contributed by atoms with Crippen LogP contribution in [0.3, 0.4) is 0 Å². The molecule has 0 aliphatic heterocycles. The van der Waals surface area contributed by atoms with E-state index in [4.69, 9.17) is 9.47 Å². The van der Waals surface area contributed by atoms with Gasteiger partial charge in [-0.3, -0.25) is 4.79 Å². The van der Waals surface area contributed by atoms with Crippen LogP contribution < -0.4 is 20.1 Å². The number of likely N-dealkylation sites (N-methyl/N-ethyl adjacent to an activating group) is 1. The molecule has 5 heteroatoms. The van der Waals surface area contributed by atoms with Gasteiger partial charge in [0.2, 0.25) is 5.91 Å². The fourth-order valence-electron chi connectivity index (χ4n) is 1.26. The lowest BCUT2D eigenvalue weighted by Gasteiger charge is -2.13. The molecule has 5 nitrogen and oxygen atoms in total. The number of hydrogen-bond acceptors (Lipinski definition) is 4. The first-order valence-electron chi connectivity index (χ1n) is 5.32. The van der Waals surface area contributed by atoms with Crippen molar-refractivity contribution in [3.8, 4) is 11.5 Å². The molecule has 0 saturated heterocycles. The molecule has 1 rings (SSSR count). The van der Waals surface area contributed by atoms with E-state index in [1.807, 2.05) is 0 Å². The number of carbonyl (C=O) groups excluding carboxylic acids is 1. The molecule has 2 N–H and O–H groups in total. The van der Waals surface area contributed by atoms with Crippen LogP contribution in [-0.4, -0.2) is 33.2 Å². The lowest BCUT2D eigenvalue weighted by Crippen LogP contribution is -2.35. The smallest absolute Gasteiger partial charge is 0.241 e. The van der Waals surface area contributed by atoms with Crippen LogP contribution >= 0.6 is 0 Å². The van der Waals surface area contributed by atoms with Gasteiger partial charge in [0.15, 0.2) is 0 Å². The van der Waals surface area contributed by atoms with Crippen LogP contribution in [0.5, 0.6) is 11.5 Å². The van der Waals surface area contributed by atoms with Crippen LogP contribution in [-0.2, 0) is 4.79 Å². The number of hydrogen-bond donors (Lipinski definition) is 2. The number of benzene rings is 1. The van der Waals surface area contributed by atoms with Crippen molar-refractivity contribution in [3.63, 3.8) is 0 Å². The summed E-state index contributed by atoms with van der Waals surface area (Å²) in [5.74, 6) is 1.16. The largest absolute Gasteiger partial charge is 0.497 e. The van der Waals surface area contributed by atoms with Crippen molar-refractivity contribution in [2.75, 3.05) is 26.6 Å². The molecule has 0 radical (unpaired) electrons. The minimum atomic E-state index is -0.257. The Morgan fingerprint density at radius 1 is 1.18 bits per heavy atom. The fourth-order valence-corrected chi connectivity index (χ4v) is 1.26. The maximum absolute atomic E-state index is 11.7. The first-order valence-corrected chi connectivity index (χ1v) is 5.32. The Morgan fingerprint density at radius 2 is 1.71 bits per heavy atom. The maximum atomic E-state index is 11.7. The molecular weight excluding hydrogens is 220 g/mol. The summed E-state index contributed by atoms with van der Waals surface area (Å²) in [7, 11) is 4.86. The van der Waals surface area contributed by atoms with E-state index >= 15 is 0 Å². The van der Waals surface area contributed by atoms with Gasteiger partial charge in [-0.25, -0.2) is 0 Å². The van der Waals surface area contributed by atoms with E-state index in [1.165, 1.54) is 0 Å². The quantitative estimate of drug-likeness (QED) is 0.810. The van der Waals surface area contributed by atoms with Crippen LogP contribution in [0, 0.1) is 0 Å². The molecule has 0 aromatic heterocycles. The summed E-state index contributed by atoms with van der Waals surface area (Å²) in [6.07, 6.45) is 0. The second-order valence-corrected chi connectivity index (χ2v) is 3.60. The van der Waals surface area contributed by atoms with E-state index in [0.29, 0.717) is 17.2 Å². The van der Waals surface area contributed by atoms with Crippen LogP contribution in [0.25, 0.3) is 0 Å². The van der Waals surface area contributed by atoms with E-state index in [2.05, 4.69) is 10.6 Å². The van der Waals surface area contributed by atoms with E-state index < -0.39 is 0 Å². The van der Waals surface area contributed by atoms with E-state index in [0.717, 1.165) is 0 Å². The van der Waals surface area contributed by atoms with Crippen LogP contribution in [0.4, 0.5) is 5.69 Å². The predicted molar refractivity (Wildman–Crippen MR) is 66.7 cm³/mol. The number of anilines is 1. The molecule has 0 fully saturated rings. The summed E-state index contributed by atoms with van der Waals surface area (Å²) in [4.78, 5) is 11.7. The summed E-state index contributed by atoms with van der Waals surface area (Å²) in [5.41, 5.74) is 0.647. The Balaban J connectivity index is 2.86. The molecule has 1 amide bonds. The lowest BCUT2D eigenvalue weighted by molar-refractivity contribution is -0.117. The average Bonchev–Trinajstić information content (AvgIpc) is 2.36. The molecule has 0 aliphatic carbocycles. The highest BCUT2D eigenvalue weighted by atomic mass is 16.5. The minimum Gasteiger partial charge on any atom is -0.497 e. The first kappa shape index (κ1) is 13.3. The van der Waals surface area contributed by atoms with Gasteiger partial charge >= 0.3 is 0 Å². The van der Waals surface area contributed by atoms with Crippen molar-refractivity contribution in [3.05, 3.63) is 18.2 Å². The number of rotatable bonds is 5. The zero-order valence-corrected chi connectivity index (χ0v) is 10.5. The Hall–Kier alpha value is -1.75. The Labute approximate surface area is 101 Å². The molecule has 0 bridgehead atoms. The third-order valence-corrected chi connectivity index (χ3v) is 2.45. The SMILES string of the molecule is CN[C@@H](C)C(=O)Nc1cc(OC)cc(OC)c1. The van der Waals surface area contributed by atoms with Gasteiger partial charge in [0.05, 0.1) is 20.3 Å². The highest BCUT2D eigenvalue weighted by molar-refractivity contribution is 5.94. The predicted octanol–water partition coefficient (Wildman–Crippen LogP) is 1.25. The zero-order chi connectivity index (χ0) is 12.8. The molecule has 17 heavy (non-hydrogen) atoms. The van der Waals surface area contributed by atoms with Crippen molar-refractivity contribution in [1.82, 2.24) is 5.32 Å². The third-order valence-electron chi connectivity index (χ3n) is 2.45. The van der Waals surface area contributed by atoms with Crippen LogP contribution in [0.15, 0.2) is 18.2 Å². The summed E-state index contributed by atoms with van der Waals surface area (Å²) in [5, 5.41) is 5.65. The molecule has 0 aliphatic rings. The van der Waals surface area contributed by atoms with Gasteiger partial charge in [-0.2, -0.15) is 0 Å². The fraction of sp³-hybridized carbons (Fsp3) is 0.417.